The van der Waals surface area contributed by atoms with Gasteiger partial charge in [-0.3, -0.25) is 4.79 Å². The van der Waals surface area contributed by atoms with Crippen molar-refractivity contribution in [2.24, 2.45) is 16.9 Å². The molecular weight excluding hydrogens is 369 g/mol. The lowest BCUT2D eigenvalue weighted by atomic mass is 9.84. The number of Topliss-reactive ketones (excluding diaryl/α,β-unsaturated/α-hetero) is 1. The number of hydrogen-bond donors (Lipinski definition) is 3. The van der Waals surface area contributed by atoms with Crippen LogP contribution in [0, 0.1) is 11.2 Å². The van der Waals surface area contributed by atoms with E-state index in [0.29, 0.717) is 18.2 Å². The molecule has 1 aliphatic heterocycles. The highest BCUT2D eigenvalue weighted by atomic mass is 35.5. The maximum Gasteiger partial charge on any atom is 0.163 e. The van der Waals surface area contributed by atoms with Crippen LogP contribution in [0.4, 0.5) is 4.39 Å². The zero-order valence-corrected chi connectivity index (χ0v) is 16.3. The zero-order valence-electron chi connectivity index (χ0n) is 15.6. The smallest absolute Gasteiger partial charge is 0.163 e. The average molecular weight is 394 g/mol. The molecule has 1 heterocycles. The number of nitrogens with two attached hydrogens (primary N) is 2. The van der Waals surface area contributed by atoms with Crippen molar-refractivity contribution >= 4 is 23.1 Å². The fourth-order valence-corrected chi connectivity index (χ4v) is 3.11. The summed E-state index contributed by atoms with van der Waals surface area (Å²) >= 11 is 5.90. The van der Waals surface area contributed by atoms with E-state index in [-0.39, 0.29) is 33.9 Å². The Morgan fingerprint density at radius 3 is 2.74 bits per heavy atom. The van der Waals surface area contributed by atoms with Crippen molar-refractivity contribution in [3.05, 3.63) is 64.4 Å². The highest BCUT2D eigenvalue weighted by Gasteiger charge is 2.36. The molecular formula is C20H25ClFN3O2. The molecule has 0 spiro atoms. The van der Waals surface area contributed by atoms with Crippen molar-refractivity contribution in [3.63, 3.8) is 0 Å². The van der Waals surface area contributed by atoms with E-state index in [2.05, 4.69) is 18.8 Å². The van der Waals surface area contributed by atoms with Crippen LogP contribution < -0.4 is 16.8 Å². The number of carbonyl (C=O) groups is 1. The lowest BCUT2D eigenvalue weighted by Gasteiger charge is -2.26. The van der Waals surface area contributed by atoms with E-state index in [1.807, 2.05) is 0 Å². The number of hydrogen-bond acceptors (Lipinski definition) is 5. The molecule has 0 aromatic heterocycles. The largest absolute Gasteiger partial charge is 0.498 e. The van der Waals surface area contributed by atoms with Gasteiger partial charge in [-0.15, -0.1) is 0 Å². The van der Waals surface area contributed by atoms with E-state index >= 15 is 0 Å². The topological polar surface area (TPSA) is 90.4 Å². The highest BCUT2D eigenvalue weighted by molar-refractivity contribution is 6.30. The van der Waals surface area contributed by atoms with Crippen molar-refractivity contribution < 1.29 is 13.9 Å². The molecule has 1 saturated heterocycles. The molecule has 146 valence electrons. The van der Waals surface area contributed by atoms with Crippen LogP contribution >= 0.6 is 11.6 Å². The summed E-state index contributed by atoms with van der Waals surface area (Å²) in [6.07, 6.45) is 2.96. The van der Waals surface area contributed by atoms with E-state index in [0.717, 1.165) is 18.6 Å². The molecule has 0 aliphatic carbocycles. The third kappa shape index (κ3) is 5.04. The van der Waals surface area contributed by atoms with Crippen LogP contribution in [0.15, 0.2) is 48.0 Å². The number of ketones is 1. The normalized spacial score (nSPS) is 20.9. The molecule has 0 saturated carbocycles. The minimum absolute atomic E-state index is 0.0627. The number of ether oxygens (including phenoxy) is 1. The van der Waals surface area contributed by atoms with Crippen LogP contribution in [-0.4, -0.2) is 18.9 Å². The fourth-order valence-electron chi connectivity index (χ4n) is 2.94. The first kappa shape index (κ1) is 20.8. The van der Waals surface area contributed by atoms with Crippen LogP contribution in [0.25, 0.3) is 5.70 Å². The molecule has 27 heavy (non-hydrogen) atoms. The van der Waals surface area contributed by atoms with Crippen LogP contribution in [0.5, 0.6) is 0 Å². The number of halogens is 2. The second-order valence-corrected chi connectivity index (χ2v) is 7.26. The molecule has 0 radical (unpaired) electrons. The number of benzene rings is 1. The Balaban J connectivity index is 2.28. The van der Waals surface area contributed by atoms with Gasteiger partial charge in [0.15, 0.2) is 5.78 Å². The second kappa shape index (κ2) is 8.48. The summed E-state index contributed by atoms with van der Waals surface area (Å²) < 4.78 is 19.5. The molecule has 7 heteroatoms. The Labute approximate surface area is 163 Å². The number of rotatable bonds is 7. The maximum atomic E-state index is 14.0. The van der Waals surface area contributed by atoms with Crippen molar-refractivity contribution in [2.75, 3.05) is 13.2 Å². The number of nitrogens with one attached hydrogen (secondary N) is 1. The van der Waals surface area contributed by atoms with E-state index in [4.69, 9.17) is 27.8 Å². The molecule has 5 N–H and O–H groups in total. The predicted molar refractivity (Wildman–Crippen MR) is 106 cm³/mol. The number of carbonyl (C=O) groups excluding carboxylic acids is 1. The van der Waals surface area contributed by atoms with Gasteiger partial charge in [0.2, 0.25) is 0 Å². The van der Waals surface area contributed by atoms with E-state index in [1.54, 1.807) is 0 Å². The van der Waals surface area contributed by atoms with Gasteiger partial charge in [0.05, 0.1) is 17.9 Å². The van der Waals surface area contributed by atoms with Crippen LogP contribution in [0.3, 0.4) is 0 Å². The molecule has 0 bridgehead atoms. The Kier molecular flexibility index (Phi) is 6.54. The average Bonchev–Trinajstić information content (AvgIpc) is 3.01. The highest BCUT2D eigenvalue weighted by Crippen LogP contribution is 2.36. The first-order valence-electron chi connectivity index (χ1n) is 8.65. The van der Waals surface area contributed by atoms with Gasteiger partial charge < -0.3 is 21.5 Å². The van der Waals surface area contributed by atoms with E-state index in [1.165, 1.54) is 31.2 Å². The van der Waals surface area contributed by atoms with Gasteiger partial charge in [-0.1, -0.05) is 25.1 Å². The molecule has 1 unspecified atom stereocenters. The number of allylic oxidation sites excluding steroid dienone is 3. The summed E-state index contributed by atoms with van der Waals surface area (Å²) in [6.45, 7) is 8.36. The third-order valence-electron chi connectivity index (χ3n) is 4.77. The lowest BCUT2D eigenvalue weighted by molar-refractivity contribution is -0.113. The van der Waals surface area contributed by atoms with Gasteiger partial charge in [-0.2, -0.15) is 0 Å². The Morgan fingerprint density at radius 1 is 1.48 bits per heavy atom. The van der Waals surface area contributed by atoms with E-state index in [9.17, 15) is 9.18 Å². The van der Waals surface area contributed by atoms with Gasteiger partial charge >= 0.3 is 0 Å². The minimum Gasteiger partial charge on any atom is -0.498 e. The van der Waals surface area contributed by atoms with Crippen LogP contribution in [-0.2, 0) is 9.53 Å². The van der Waals surface area contributed by atoms with Gasteiger partial charge in [-0.25, -0.2) is 4.39 Å². The monoisotopic (exact) mass is 393 g/mol. The summed E-state index contributed by atoms with van der Waals surface area (Å²) in [6, 6.07) is 4.04. The molecule has 5 nitrogen and oxygen atoms in total. The molecule has 2 rings (SSSR count). The van der Waals surface area contributed by atoms with Crippen molar-refractivity contribution in [2.45, 2.75) is 26.7 Å². The van der Waals surface area contributed by atoms with Crippen molar-refractivity contribution in [1.29, 1.82) is 0 Å². The molecule has 1 aromatic carbocycles. The van der Waals surface area contributed by atoms with Crippen molar-refractivity contribution in [3.8, 4) is 0 Å². The second-order valence-electron chi connectivity index (χ2n) is 6.82. The van der Waals surface area contributed by atoms with Gasteiger partial charge in [0.1, 0.15) is 11.6 Å². The summed E-state index contributed by atoms with van der Waals surface area (Å²) in [5.41, 5.74) is 12.3. The fraction of sp³-hybridized carbons (Fsp3) is 0.350. The Morgan fingerprint density at radius 2 is 2.19 bits per heavy atom. The third-order valence-corrected chi connectivity index (χ3v) is 5.00. The predicted octanol–water partition coefficient (Wildman–Crippen LogP) is 3.46. The van der Waals surface area contributed by atoms with Gasteiger partial charge in [0.25, 0.3) is 0 Å². The van der Waals surface area contributed by atoms with Crippen LogP contribution in [0.2, 0.25) is 5.02 Å². The molecule has 1 aliphatic rings. The Hall–Kier alpha value is -2.47. The van der Waals surface area contributed by atoms with Gasteiger partial charge in [0, 0.05) is 34.7 Å². The SMILES string of the molecule is C=C1CC(CC)(CN/C(N)=C(/C=C(\N)c2cc(Cl)ccc2F)C(C)=O)CO1. The standard InChI is InChI=1S/C20H25ClFN3O2/c1-4-20(9-12(2)27-11-20)10-25-19(24)15(13(3)26)8-18(23)16-7-14(21)5-6-17(16)22/h5-8,25H,2,4,9-11,23-24H2,1,3H3/b18-8-,19-15-. The van der Waals surface area contributed by atoms with Gasteiger partial charge in [-0.05, 0) is 37.6 Å². The quantitative estimate of drug-likeness (QED) is 0.487. The summed E-state index contributed by atoms with van der Waals surface area (Å²) in [5.74, 6) is 0.101. The minimum atomic E-state index is -0.533. The molecule has 1 atom stereocenters. The molecule has 0 amide bonds. The molecule has 1 fully saturated rings. The Bertz CT molecular complexity index is 819. The summed E-state index contributed by atoms with van der Waals surface area (Å²) in [5, 5.41) is 3.44. The summed E-state index contributed by atoms with van der Waals surface area (Å²) in [7, 11) is 0. The van der Waals surface area contributed by atoms with Crippen molar-refractivity contribution in [1.82, 2.24) is 5.32 Å². The summed E-state index contributed by atoms with van der Waals surface area (Å²) in [4.78, 5) is 12.1. The van der Waals surface area contributed by atoms with E-state index < -0.39 is 5.82 Å². The molecule has 1 aromatic rings. The zero-order chi connectivity index (χ0) is 20.2. The first-order chi connectivity index (χ1) is 12.7. The first-order valence-corrected chi connectivity index (χ1v) is 9.03. The lowest BCUT2D eigenvalue weighted by Crippen LogP contribution is -2.37. The maximum absolute atomic E-state index is 14.0. The van der Waals surface area contributed by atoms with Crippen LogP contribution in [0.1, 0.15) is 32.3 Å².